The van der Waals surface area contributed by atoms with E-state index in [0.29, 0.717) is 5.92 Å². The third-order valence-electron chi connectivity index (χ3n) is 3.84. The third-order valence-corrected chi connectivity index (χ3v) is 6.25. The minimum atomic E-state index is -1.26. The first-order valence-corrected chi connectivity index (χ1v) is 10.8. The van der Waals surface area contributed by atoms with Crippen LogP contribution in [0.25, 0.3) is 0 Å². The number of allylic oxidation sites excluding steroid dienone is 3. The van der Waals surface area contributed by atoms with Crippen molar-refractivity contribution in [1.29, 1.82) is 0 Å². The maximum absolute atomic E-state index is 2.56. The van der Waals surface area contributed by atoms with Crippen molar-refractivity contribution in [2.75, 3.05) is 0 Å². The van der Waals surface area contributed by atoms with Crippen molar-refractivity contribution in [2.24, 2.45) is 5.92 Å². The Bertz CT molecular complexity index is 428. The molecule has 1 aromatic rings. The molecule has 0 spiro atoms. The fourth-order valence-electron chi connectivity index (χ4n) is 2.73. The first kappa shape index (κ1) is 14.3. The summed E-state index contributed by atoms with van der Waals surface area (Å²) >= 11 is 0. The second-order valence-electron chi connectivity index (χ2n) is 6.39. The molecule has 0 N–H and O–H groups in total. The topological polar surface area (TPSA) is 0 Å². The Morgan fingerprint density at radius 2 is 1.95 bits per heavy atom. The van der Waals surface area contributed by atoms with Crippen LogP contribution in [0.4, 0.5) is 0 Å². The van der Waals surface area contributed by atoms with Gasteiger partial charge in [0.1, 0.15) is 0 Å². The second kappa shape index (κ2) is 6.90. The average Bonchev–Trinajstić information content (AvgIpc) is 2.66. The number of hydrogen-bond acceptors (Lipinski definition) is 0. The molecule has 2 rings (SSSR count). The average molecular weight is 270 g/mol. The molecule has 0 amide bonds. The molecule has 0 aliphatic heterocycles. The SMILES string of the molecule is C[Si](C)(/C=C/C1C=CCCCC1)Cc1ccccc1. The number of rotatable bonds is 4. The van der Waals surface area contributed by atoms with Crippen LogP contribution in [0, 0.1) is 5.92 Å². The molecule has 0 fully saturated rings. The van der Waals surface area contributed by atoms with Crippen LogP contribution < -0.4 is 0 Å². The van der Waals surface area contributed by atoms with E-state index in [-0.39, 0.29) is 0 Å². The van der Waals surface area contributed by atoms with Crippen molar-refractivity contribution < 1.29 is 0 Å². The van der Waals surface area contributed by atoms with E-state index in [2.05, 4.69) is 67.4 Å². The standard InChI is InChI=1S/C18H26Si/c1-19(2,16-18-12-8-5-9-13-18)15-14-17-10-6-3-4-7-11-17/h5-6,8-10,12-15,17H,3-4,7,11,16H2,1-2H3/b15-14+. The van der Waals surface area contributed by atoms with E-state index in [4.69, 9.17) is 0 Å². The normalized spacial score (nSPS) is 20.6. The molecular weight excluding hydrogens is 244 g/mol. The maximum Gasteiger partial charge on any atom is 0.0756 e. The Labute approximate surface area is 119 Å². The van der Waals surface area contributed by atoms with Gasteiger partial charge in [0.2, 0.25) is 0 Å². The Kier molecular flexibility index (Phi) is 5.21. The molecule has 0 saturated carbocycles. The van der Waals surface area contributed by atoms with E-state index in [1.807, 2.05) is 0 Å². The molecule has 1 aromatic carbocycles. The van der Waals surface area contributed by atoms with Crippen molar-refractivity contribution in [3.8, 4) is 0 Å². The van der Waals surface area contributed by atoms with Crippen LogP contribution in [-0.4, -0.2) is 8.07 Å². The zero-order valence-electron chi connectivity index (χ0n) is 12.3. The molecule has 0 heterocycles. The lowest BCUT2D eigenvalue weighted by molar-refractivity contribution is 0.646. The van der Waals surface area contributed by atoms with E-state index in [9.17, 15) is 0 Å². The van der Waals surface area contributed by atoms with Gasteiger partial charge in [-0.1, -0.05) is 79.3 Å². The molecule has 1 aliphatic rings. The van der Waals surface area contributed by atoms with Gasteiger partial charge in [0, 0.05) is 0 Å². The summed E-state index contributed by atoms with van der Waals surface area (Å²) in [6.07, 6.45) is 12.6. The lowest BCUT2D eigenvalue weighted by Crippen LogP contribution is -2.27. The summed E-state index contributed by atoms with van der Waals surface area (Å²) in [4.78, 5) is 0. The fraction of sp³-hybridized carbons (Fsp3) is 0.444. The quantitative estimate of drug-likeness (QED) is 0.513. The summed E-state index contributed by atoms with van der Waals surface area (Å²) in [7, 11) is -1.26. The zero-order chi connectivity index (χ0) is 13.6. The third kappa shape index (κ3) is 5.20. The smallest absolute Gasteiger partial charge is 0.0756 e. The molecule has 1 atom stereocenters. The van der Waals surface area contributed by atoms with Gasteiger partial charge in [-0.05, 0) is 31.2 Å². The second-order valence-corrected chi connectivity index (χ2v) is 11.1. The Hall–Kier alpha value is -1.08. The molecule has 0 nitrogen and oxygen atoms in total. The van der Waals surface area contributed by atoms with Gasteiger partial charge in [0.25, 0.3) is 0 Å². The first-order valence-electron chi connectivity index (χ1n) is 7.56. The van der Waals surface area contributed by atoms with E-state index in [1.54, 1.807) is 0 Å². The highest BCUT2D eigenvalue weighted by Gasteiger charge is 2.18. The van der Waals surface area contributed by atoms with Gasteiger partial charge in [-0.15, -0.1) is 0 Å². The zero-order valence-corrected chi connectivity index (χ0v) is 13.3. The summed E-state index contributed by atoms with van der Waals surface area (Å²) in [5.41, 5.74) is 4.04. The molecule has 0 bridgehead atoms. The van der Waals surface area contributed by atoms with Crippen LogP contribution in [0.1, 0.15) is 31.2 Å². The molecule has 19 heavy (non-hydrogen) atoms. The summed E-state index contributed by atoms with van der Waals surface area (Å²) in [6, 6.07) is 12.2. The monoisotopic (exact) mass is 270 g/mol. The van der Waals surface area contributed by atoms with Gasteiger partial charge in [0.15, 0.2) is 0 Å². The van der Waals surface area contributed by atoms with Crippen LogP contribution in [0.3, 0.4) is 0 Å². The van der Waals surface area contributed by atoms with Crippen LogP contribution in [0.5, 0.6) is 0 Å². The predicted molar refractivity (Wildman–Crippen MR) is 87.9 cm³/mol. The van der Waals surface area contributed by atoms with Crippen molar-refractivity contribution in [1.82, 2.24) is 0 Å². The van der Waals surface area contributed by atoms with Gasteiger partial charge in [-0.25, -0.2) is 0 Å². The van der Waals surface area contributed by atoms with Gasteiger partial charge >= 0.3 is 0 Å². The molecule has 1 unspecified atom stereocenters. The Morgan fingerprint density at radius 1 is 1.16 bits per heavy atom. The van der Waals surface area contributed by atoms with Crippen molar-refractivity contribution >= 4 is 8.07 Å². The molecule has 0 aromatic heterocycles. The molecule has 1 heteroatoms. The number of benzene rings is 1. The van der Waals surface area contributed by atoms with Crippen LogP contribution >= 0.6 is 0 Å². The van der Waals surface area contributed by atoms with E-state index >= 15 is 0 Å². The lowest BCUT2D eigenvalue weighted by atomic mass is 10.0. The largest absolute Gasteiger partial charge is 0.0977 e. The van der Waals surface area contributed by atoms with Crippen molar-refractivity contribution in [3.63, 3.8) is 0 Å². The number of hydrogen-bond donors (Lipinski definition) is 0. The van der Waals surface area contributed by atoms with Crippen LogP contribution in [0.2, 0.25) is 13.1 Å². The minimum absolute atomic E-state index is 0.685. The molecule has 1 aliphatic carbocycles. The molecule has 0 radical (unpaired) electrons. The lowest BCUT2D eigenvalue weighted by Gasteiger charge is -2.19. The predicted octanol–water partition coefficient (Wildman–Crippen LogP) is 5.32. The van der Waals surface area contributed by atoms with Crippen LogP contribution in [0.15, 0.2) is 54.3 Å². The Morgan fingerprint density at radius 3 is 2.74 bits per heavy atom. The van der Waals surface area contributed by atoms with E-state index in [1.165, 1.54) is 37.3 Å². The van der Waals surface area contributed by atoms with Crippen molar-refractivity contribution in [3.05, 3.63) is 59.8 Å². The van der Waals surface area contributed by atoms with Gasteiger partial charge in [-0.3, -0.25) is 0 Å². The summed E-state index contributed by atoms with van der Waals surface area (Å²) in [6.45, 7) is 4.94. The highest BCUT2D eigenvalue weighted by molar-refractivity contribution is 6.81. The highest BCUT2D eigenvalue weighted by Crippen LogP contribution is 2.20. The summed E-state index contributed by atoms with van der Waals surface area (Å²) in [5.74, 6) is 0.685. The highest BCUT2D eigenvalue weighted by atomic mass is 28.3. The maximum atomic E-state index is 2.56. The summed E-state index contributed by atoms with van der Waals surface area (Å²) in [5, 5.41) is 0. The van der Waals surface area contributed by atoms with E-state index in [0.717, 1.165) is 0 Å². The van der Waals surface area contributed by atoms with Gasteiger partial charge in [-0.2, -0.15) is 0 Å². The van der Waals surface area contributed by atoms with E-state index < -0.39 is 8.07 Å². The molecule has 0 saturated heterocycles. The van der Waals surface area contributed by atoms with Crippen molar-refractivity contribution in [2.45, 2.75) is 44.8 Å². The van der Waals surface area contributed by atoms with Gasteiger partial charge in [0.05, 0.1) is 8.07 Å². The van der Waals surface area contributed by atoms with Crippen LogP contribution in [-0.2, 0) is 6.04 Å². The summed E-state index contributed by atoms with van der Waals surface area (Å²) < 4.78 is 0. The minimum Gasteiger partial charge on any atom is -0.0977 e. The fourth-order valence-corrected chi connectivity index (χ4v) is 4.91. The Balaban J connectivity index is 1.95. The molecular formula is C18H26Si. The first-order chi connectivity index (χ1) is 9.16. The van der Waals surface area contributed by atoms with Gasteiger partial charge < -0.3 is 0 Å². The molecule has 102 valence electrons.